The van der Waals surface area contributed by atoms with Crippen molar-refractivity contribution in [3.8, 4) is 0 Å². The number of nitrogens with one attached hydrogen (secondary N) is 1. The highest BCUT2D eigenvalue weighted by molar-refractivity contribution is 5.76. The number of hydrogen-bond acceptors (Lipinski definition) is 2. The van der Waals surface area contributed by atoms with E-state index in [0.717, 1.165) is 26.2 Å². The van der Waals surface area contributed by atoms with Gasteiger partial charge < -0.3 is 9.80 Å². The van der Waals surface area contributed by atoms with Crippen molar-refractivity contribution >= 4 is 5.84 Å². The number of allylic oxidation sites excluding steroid dienone is 4. The first-order valence-corrected chi connectivity index (χ1v) is 5.69. The molecular weight excluding hydrogens is 198 g/mol. The molecule has 0 atom stereocenters. The SMILES string of the molecule is C=C/C(=C\C=C/C)N1CCN(C(C)=N)CC1. The van der Waals surface area contributed by atoms with Crippen molar-refractivity contribution < 1.29 is 0 Å². The van der Waals surface area contributed by atoms with Gasteiger partial charge in [-0.05, 0) is 26.0 Å². The lowest BCUT2D eigenvalue weighted by Gasteiger charge is -2.37. The molecule has 0 aliphatic carbocycles. The molecule has 0 radical (unpaired) electrons. The predicted octanol–water partition coefficient (Wildman–Crippen LogP) is 2.25. The number of nitrogens with zero attached hydrogens (tertiary/aromatic N) is 2. The summed E-state index contributed by atoms with van der Waals surface area (Å²) in [5.41, 5.74) is 1.17. The van der Waals surface area contributed by atoms with Crippen LogP contribution in [0.3, 0.4) is 0 Å². The van der Waals surface area contributed by atoms with E-state index in [1.165, 1.54) is 5.70 Å². The van der Waals surface area contributed by atoms with E-state index in [9.17, 15) is 0 Å². The zero-order valence-electron chi connectivity index (χ0n) is 10.2. The van der Waals surface area contributed by atoms with Crippen molar-refractivity contribution in [2.45, 2.75) is 13.8 Å². The van der Waals surface area contributed by atoms with E-state index >= 15 is 0 Å². The molecule has 1 rings (SSSR count). The molecule has 16 heavy (non-hydrogen) atoms. The Morgan fingerprint density at radius 1 is 1.19 bits per heavy atom. The van der Waals surface area contributed by atoms with Crippen LogP contribution >= 0.6 is 0 Å². The fourth-order valence-electron chi connectivity index (χ4n) is 1.80. The van der Waals surface area contributed by atoms with E-state index in [0.29, 0.717) is 5.84 Å². The fourth-order valence-corrected chi connectivity index (χ4v) is 1.80. The Morgan fingerprint density at radius 2 is 1.75 bits per heavy atom. The first-order valence-electron chi connectivity index (χ1n) is 5.69. The second kappa shape index (κ2) is 6.16. The quantitative estimate of drug-likeness (QED) is 0.448. The average molecular weight is 219 g/mol. The van der Waals surface area contributed by atoms with Gasteiger partial charge in [0.2, 0.25) is 0 Å². The fraction of sp³-hybridized carbons (Fsp3) is 0.462. The van der Waals surface area contributed by atoms with E-state index in [-0.39, 0.29) is 0 Å². The molecule has 0 bridgehead atoms. The standard InChI is InChI=1S/C13H21N3/c1-4-6-7-13(5-2)16-10-8-15(9-11-16)12(3)14/h4-7,14H,2,8-11H2,1,3H3/b6-4-,13-7+,14-12?. The van der Waals surface area contributed by atoms with Crippen LogP contribution in [0.5, 0.6) is 0 Å². The average Bonchev–Trinajstić information content (AvgIpc) is 2.30. The van der Waals surface area contributed by atoms with Gasteiger partial charge in [0.05, 0.1) is 5.84 Å². The minimum absolute atomic E-state index is 0.664. The van der Waals surface area contributed by atoms with Crippen molar-refractivity contribution in [1.29, 1.82) is 5.41 Å². The molecule has 0 unspecified atom stereocenters. The van der Waals surface area contributed by atoms with Gasteiger partial charge in [-0.25, -0.2) is 0 Å². The summed E-state index contributed by atoms with van der Waals surface area (Å²) in [4.78, 5) is 4.42. The summed E-state index contributed by atoms with van der Waals surface area (Å²) >= 11 is 0. The molecule has 1 fully saturated rings. The molecule has 1 aliphatic heterocycles. The number of amidine groups is 1. The van der Waals surface area contributed by atoms with Crippen LogP contribution in [0.1, 0.15) is 13.8 Å². The van der Waals surface area contributed by atoms with E-state index in [2.05, 4.69) is 22.5 Å². The van der Waals surface area contributed by atoms with Gasteiger partial charge in [-0.3, -0.25) is 5.41 Å². The topological polar surface area (TPSA) is 30.3 Å². The molecule has 0 aromatic carbocycles. The van der Waals surface area contributed by atoms with Gasteiger partial charge in [0.25, 0.3) is 0 Å². The molecule has 0 aromatic rings. The molecule has 3 nitrogen and oxygen atoms in total. The second-order valence-corrected chi connectivity index (χ2v) is 3.88. The maximum Gasteiger partial charge on any atom is 0.0927 e. The summed E-state index contributed by atoms with van der Waals surface area (Å²) < 4.78 is 0. The zero-order valence-corrected chi connectivity index (χ0v) is 10.2. The van der Waals surface area contributed by atoms with Crippen molar-refractivity contribution in [2.24, 2.45) is 0 Å². The molecule has 0 amide bonds. The van der Waals surface area contributed by atoms with Gasteiger partial charge in [-0.2, -0.15) is 0 Å². The van der Waals surface area contributed by atoms with Crippen molar-refractivity contribution in [2.75, 3.05) is 26.2 Å². The summed E-state index contributed by atoms with van der Waals surface area (Å²) in [7, 11) is 0. The van der Waals surface area contributed by atoms with E-state index < -0.39 is 0 Å². The zero-order chi connectivity index (χ0) is 12.0. The normalized spacial score (nSPS) is 18.0. The molecule has 1 heterocycles. The Morgan fingerprint density at radius 3 is 2.19 bits per heavy atom. The number of rotatable bonds is 3. The third-order valence-corrected chi connectivity index (χ3v) is 2.79. The Hall–Kier alpha value is -1.51. The third kappa shape index (κ3) is 3.26. The predicted molar refractivity (Wildman–Crippen MR) is 69.6 cm³/mol. The molecule has 0 aromatic heterocycles. The van der Waals surface area contributed by atoms with E-state index in [1.54, 1.807) is 0 Å². The van der Waals surface area contributed by atoms with Crippen LogP contribution in [0, 0.1) is 5.41 Å². The minimum Gasteiger partial charge on any atom is -0.368 e. The lowest BCUT2D eigenvalue weighted by Crippen LogP contribution is -2.47. The summed E-state index contributed by atoms with van der Waals surface area (Å²) in [5, 5.41) is 7.58. The van der Waals surface area contributed by atoms with Crippen molar-refractivity contribution in [3.63, 3.8) is 0 Å². The summed E-state index contributed by atoms with van der Waals surface area (Å²) in [5.74, 6) is 0.664. The summed E-state index contributed by atoms with van der Waals surface area (Å²) in [6.45, 7) is 11.5. The largest absolute Gasteiger partial charge is 0.368 e. The number of piperazine rings is 1. The van der Waals surface area contributed by atoms with Crippen LogP contribution in [0.25, 0.3) is 0 Å². The van der Waals surface area contributed by atoms with Gasteiger partial charge in [0, 0.05) is 31.9 Å². The van der Waals surface area contributed by atoms with Crippen LogP contribution in [0.2, 0.25) is 0 Å². The summed E-state index contributed by atoms with van der Waals surface area (Å²) in [6.07, 6.45) is 8.03. The molecule has 1 N–H and O–H groups in total. The molecule has 1 aliphatic rings. The maximum absolute atomic E-state index is 7.58. The van der Waals surface area contributed by atoms with Gasteiger partial charge in [-0.15, -0.1) is 0 Å². The third-order valence-electron chi connectivity index (χ3n) is 2.79. The van der Waals surface area contributed by atoms with Crippen molar-refractivity contribution in [1.82, 2.24) is 9.80 Å². The highest BCUT2D eigenvalue weighted by Gasteiger charge is 2.17. The first-order chi connectivity index (χ1) is 7.69. The lowest BCUT2D eigenvalue weighted by atomic mass is 10.2. The maximum atomic E-state index is 7.58. The molecule has 1 saturated heterocycles. The van der Waals surface area contributed by atoms with Crippen LogP contribution in [0.4, 0.5) is 0 Å². The minimum atomic E-state index is 0.664. The monoisotopic (exact) mass is 219 g/mol. The van der Waals surface area contributed by atoms with Crippen LogP contribution < -0.4 is 0 Å². The van der Waals surface area contributed by atoms with Gasteiger partial charge in [-0.1, -0.05) is 18.7 Å². The highest BCUT2D eigenvalue weighted by Crippen LogP contribution is 2.10. The van der Waals surface area contributed by atoms with Crippen LogP contribution in [-0.2, 0) is 0 Å². The molecule has 3 heteroatoms. The second-order valence-electron chi connectivity index (χ2n) is 3.88. The lowest BCUT2D eigenvalue weighted by molar-refractivity contribution is 0.225. The first kappa shape index (κ1) is 12.6. The molecule has 0 spiro atoms. The Kier molecular flexibility index (Phi) is 4.83. The Balaban J connectivity index is 2.58. The molecular formula is C13H21N3. The smallest absolute Gasteiger partial charge is 0.0927 e. The van der Waals surface area contributed by atoms with Gasteiger partial charge >= 0.3 is 0 Å². The highest BCUT2D eigenvalue weighted by atomic mass is 15.3. The van der Waals surface area contributed by atoms with Crippen LogP contribution in [-0.4, -0.2) is 41.8 Å². The Bertz CT molecular complexity index is 307. The van der Waals surface area contributed by atoms with Crippen molar-refractivity contribution in [3.05, 3.63) is 36.6 Å². The van der Waals surface area contributed by atoms with Gasteiger partial charge in [0.15, 0.2) is 0 Å². The summed E-state index contributed by atoms with van der Waals surface area (Å²) in [6, 6.07) is 0. The molecule has 88 valence electrons. The van der Waals surface area contributed by atoms with E-state index in [1.807, 2.05) is 32.1 Å². The molecule has 0 saturated carbocycles. The van der Waals surface area contributed by atoms with Crippen LogP contribution in [0.15, 0.2) is 36.6 Å². The number of hydrogen-bond donors (Lipinski definition) is 1. The van der Waals surface area contributed by atoms with Gasteiger partial charge in [0.1, 0.15) is 0 Å². The van der Waals surface area contributed by atoms with E-state index in [4.69, 9.17) is 5.41 Å². The Labute approximate surface area is 98.2 Å².